The summed E-state index contributed by atoms with van der Waals surface area (Å²) in [7, 11) is 0. The van der Waals surface area contributed by atoms with Gasteiger partial charge in [0.15, 0.2) is 5.58 Å². The molecular weight excluding hydrogens is 952 g/mol. The Kier molecular flexibility index (Phi) is 10.2. The van der Waals surface area contributed by atoms with Gasteiger partial charge < -0.3 is 14.1 Å². The number of thiophene rings is 1. The molecule has 4 heterocycles. The van der Waals surface area contributed by atoms with Crippen molar-refractivity contribution in [2.24, 2.45) is 0 Å². The van der Waals surface area contributed by atoms with Gasteiger partial charge in [-0.05, 0) is 190 Å². The van der Waals surface area contributed by atoms with E-state index in [9.17, 15) is 0 Å². The lowest BCUT2D eigenvalue weighted by Gasteiger charge is -2.45. The van der Waals surface area contributed by atoms with Crippen molar-refractivity contribution in [1.82, 2.24) is 0 Å². The van der Waals surface area contributed by atoms with Crippen LogP contribution in [0.4, 0.5) is 27.8 Å². The lowest BCUT2D eigenvalue weighted by atomic mass is 9.43. The monoisotopic (exact) mass is 1020 g/mol. The summed E-state index contributed by atoms with van der Waals surface area (Å²) >= 11 is 1.99. The van der Waals surface area contributed by atoms with Gasteiger partial charge in [-0.2, -0.15) is 0 Å². The Hall–Kier alpha value is -6.56. The summed E-state index contributed by atoms with van der Waals surface area (Å²) in [6, 6.07) is 54.8. The number of rotatable bonds is 3. The zero-order chi connectivity index (χ0) is 53.7. The molecule has 77 heavy (non-hydrogen) atoms. The molecule has 0 bridgehead atoms. The van der Waals surface area contributed by atoms with Gasteiger partial charge in [0.2, 0.25) is 0 Å². The summed E-state index contributed by atoms with van der Waals surface area (Å²) in [5.74, 6) is 0. The van der Waals surface area contributed by atoms with E-state index in [1.54, 1.807) is 0 Å². The van der Waals surface area contributed by atoms with E-state index in [1.807, 2.05) is 11.3 Å². The van der Waals surface area contributed by atoms with Crippen molar-refractivity contribution < 1.29 is 4.42 Å². The molecule has 3 nitrogen and oxygen atoms in total. The second-order valence-electron chi connectivity index (χ2n) is 28.2. The number of anilines is 5. The van der Waals surface area contributed by atoms with E-state index in [2.05, 4.69) is 246 Å². The summed E-state index contributed by atoms with van der Waals surface area (Å²) in [6.07, 6.45) is 4.64. The average Bonchev–Trinajstić information content (AvgIpc) is 4.06. The second kappa shape index (κ2) is 16.0. The molecule has 0 amide bonds. The highest BCUT2D eigenvalue weighted by molar-refractivity contribution is 7.26. The largest absolute Gasteiger partial charge is 0.454 e. The van der Waals surface area contributed by atoms with Gasteiger partial charge in [-0.25, -0.2) is 0 Å². The molecule has 14 rings (SSSR count). The first-order valence-electron chi connectivity index (χ1n) is 28.5. The average molecular weight is 1030 g/mol. The van der Waals surface area contributed by atoms with Crippen molar-refractivity contribution in [2.45, 2.75) is 155 Å². The number of hydrogen-bond acceptors (Lipinski definition) is 4. The molecule has 0 radical (unpaired) electrons. The fourth-order valence-corrected chi connectivity index (χ4v) is 15.6. The minimum atomic E-state index is -0.200. The van der Waals surface area contributed by atoms with Crippen LogP contribution in [0.15, 0.2) is 144 Å². The zero-order valence-corrected chi connectivity index (χ0v) is 48.7. The minimum Gasteiger partial charge on any atom is -0.454 e. The third kappa shape index (κ3) is 7.13. The summed E-state index contributed by atoms with van der Waals surface area (Å²) in [6.45, 7) is 33.4. The van der Waals surface area contributed by atoms with Crippen molar-refractivity contribution in [3.8, 4) is 22.3 Å². The van der Waals surface area contributed by atoms with Crippen LogP contribution in [0.2, 0.25) is 0 Å². The van der Waals surface area contributed by atoms with Crippen LogP contribution in [0.25, 0.3) is 65.1 Å². The third-order valence-corrected chi connectivity index (χ3v) is 20.4. The van der Waals surface area contributed by atoms with Crippen molar-refractivity contribution in [3.63, 3.8) is 0 Å². The Labute approximate surface area is 461 Å². The van der Waals surface area contributed by atoms with Crippen molar-refractivity contribution in [3.05, 3.63) is 173 Å². The van der Waals surface area contributed by atoms with Crippen LogP contribution in [-0.4, -0.2) is 6.85 Å². The maximum Gasteiger partial charge on any atom is 0.334 e. The van der Waals surface area contributed by atoms with E-state index in [0.29, 0.717) is 0 Å². The van der Waals surface area contributed by atoms with Gasteiger partial charge in [0.05, 0.1) is 16.4 Å². The van der Waals surface area contributed by atoms with Crippen LogP contribution in [0.1, 0.15) is 156 Å². The highest BCUT2D eigenvalue weighted by Crippen LogP contribution is 2.57. The normalized spacial score (nSPS) is 17.9. The van der Waals surface area contributed by atoms with Gasteiger partial charge >= 0.3 is 6.85 Å². The molecule has 2 aliphatic carbocycles. The molecule has 0 saturated carbocycles. The summed E-state index contributed by atoms with van der Waals surface area (Å²) in [4.78, 5) is 5.43. The predicted molar refractivity (Wildman–Crippen MR) is 334 cm³/mol. The molecule has 0 unspecified atom stereocenters. The van der Waals surface area contributed by atoms with E-state index < -0.39 is 0 Å². The van der Waals surface area contributed by atoms with E-state index in [0.717, 1.165) is 36.1 Å². The van der Waals surface area contributed by atoms with Gasteiger partial charge in [-0.3, -0.25) is 0 Å². The number of nitrogens with zero attached hydrogens (tertiary/aromatic N) is 2. The molecule has 2 aliphatic heterocycles. The van der Waals surface area contributed by atoms with Crippen LogP contribution in [0.5, 0.6) is 0 Å². The summed E-state index contributed by atoms with van der Waals surface area (Å²) < 4.78 is 8.95. The minimum absolute atomic E-state index is 0.00949. The van der Waals surface area contributed by atoms with Crippen molar-refractivity contribution >= 4 is 99.7 Å². The Balaban J connectivity index is 1.17. The smallest absolute Gasteiger partial charge is 0.334 e. The lowest BCUT2D eigenvalue weighted by Crippen LogP contribution is -2.61. The summed E-state index contributed by atoms with van der Waals surface area (Å²) in [5.41, 5.74) is 23.0. The van der Waals surface area contributed by atoms with Crippen LogP contribution < -0.4 is 20.6 Å². The zero-order valence-electron chi connectivity index (χ0n) is 47.9. The first-order chi connectivity index (χ1) is 36.4. The highest BCUT2D eigenvalue weighted by atomic mass is 32.1. The Morgan fingerprint density at radius 1 is 0.494 bits per heavy atom. The van der Waals surface area contributed by atoms with E-state index in [4.69, 9.17) is 4.42 Å². The van der Waals surface area contributed by atoms with Gasteiger partial charge in [-0.15, -0.1) is 11.3 Å². The first-order valence-corrected chi connectivity index (χ1v) is 29.3. The highest BCUT2D eigenvalue weighted by Gasteiger charge is 2.50. The van der Waals surface area contributed by atoms with Crippen LogP contribution in [-0.2, 0) is 32.5 Å². The summed E-state index contributed by atoms with van der Waals surface area (Å²) in [5, 5.41) is 7.53. The van der Waals surface area contributed by atoms with Crippen molar-refractivity contribution in [2.75, 3.05) is 9.71 Å². The standard InChI is InChI=1S/C72H73BN2OS/c1-67(2,3)44-24-27-46(28-25-44)75-64-49(30-29-48-51-38-53-55(40-59(51)76-65(48)64)71(11,12)34-32-69(53,7)8)61-47-23-19-18-22-43(47)36-58-63(61)73(75)62-52-39-54-56(72(13,14)35-33-70(54,9)10)41-60(52)77-66(62)74(58)57-31-26-45(68(4,5)6)37-50(57)42-20-16-15-17-21-42/h15-31,36-41H,32-35H2,1-14H3. The van der Waals surface area contributed by atoms with E-state index in [-0.39, 0.29) is 39.3 Å². The Morgan fingerprint density at radius 3 is 1.73 bits per heavy atom. The number of furan rings is 1. The molecule has 2 aromatic heterocycles. The second-order valence-corrected chi connectivity index (χ2v) is 29.3. The fraction of sp³-hybridized carbons (Fsp3) is 0.333. The first kappa shape index (κ1) is 48.8. The van der Waals surface area contributed by atoms with E-state index in [1.165, 1.54) is 127 Å². The molecule has 0 fully saturated rings. The number of hydrogen-bond donors (Lipinski definition) is 0. The van der Waals surface area contributed by atoms with Gasteiger partial charge in [0.25, 0.3) is 0 Å². The molecule has 0 N–H and O–H groups in total. The molecule has 0 spiro atoms. The molecule has 386 valence electrons. The van der Waals surface area contributed by atoms with Crippen LogP contribution in [0, 0.1) is 0 Å². The molecular formula is C72H73BN2OS. The molecule has 0 saturated heterocycles. The maximum atomic E-state index is 7.60. The molecule has 5 heteroatoms. The Morgan fingerprint density at radius 2 is 1.08 bits per heavy atom. The number of fused-ring (bicyclic) bond motifs is 14. The SMILES string of the molecule is CC(C)(C)c1ccc(N2B3c4c(cc5ccccc5c4-c4ccc5c(oc6cc7c(cc65)C(C)(C)CCC7(C)C)c42)N(c2ccc(C(C)(C)C)cc2-c2ccccc2)c2sc4cc5c(cc4c23)C(C)(C)CCC5(C)C)cc1. The topological polar surface area (TPSA) is 19.6 Å². The molecule has 4 aliphatic rings. The maximum absolute atomic E-state index is 7.60. The Bertz CT molecular complexity index is 4130. The van der Waals surface area contributed by atoms with Crippen molar-refractivity contribution in [1.29, 1.82) is 0 Å². The van der Waals surface area contributed by atoms with Gasteiger partial charge in [0.1, 0.15) is 5.58 Å². The van der Waals surface area contributed by atoms with Crippen LogP contribution >= 0.6 is 11.3 Å². The molecule has 10 aromatic rings. The van der Waals surface area contributed by atoms with Gasteiger partial charge in [-0.1, -0.05) is 176 Å². The third-order valence-electron chi connectivity index (χ3n) is 19.3. The predicted octanol–water partition coefficient (Wildman–Crippen LogP) is 19.6. The van der Waals surface area contributed by atoms with Gasteiger partial charge in [0, 0.05) is 38.0 Å². The van der Waals surface area contributed by atoms with Crippen LogP contribution in [0.3, 0.4) is 0 Å². The molecule has 0 atom stereocenters. The number of benzene rings is 8. The quantitative estimate of drug-likeness (QED) is 0.164. The fourth-order valence-electron chi connectivity index (χ4n) is 14.3. The molecule has 8 aromatic carbocycles. The van der Waals surface area contributed by atoms with E-state index >= 15 is 0 Å². The lowest BCUT2D eigenvalue weighted by molar-refractivity contribution is 0.332.